The Kier molecular flexibility index (Phi) is 9.15. The van der Waals surface area contributed by atoms with Crippen molar-refractivity contribution in [1.82, 2.24) is 4.98 Å². The van der Waals surface area contributed by atoms with E-state index in [0.29, 0.717) is 13.0 Å². The molecule has 2 aliphatic heterocycles. The number of hydrogen-bond acceptors (Lipinski definition) is 9. The molecule has 0 aromatic carbocycles. The summed E-state index contributed by atoms with van der Waals surface area (Å²) in [4.78, 5) is 30.7. The van der Waals surface area contributed by atoms with Crippen LogP contribution in [-0.4, -0.2) is 57.0 Å². The molecule has 36 heavy (non-hydrogen) atoms. The molecule has 0 amide bonds. The average molecular weight is 523 g/mol. The highest BCUT2D eigenvalue weighted by Crippen LogP contribution is 2.45. The summed E-state index contributed by atoms with van der Waals surface area (Å²) in [6.07, 6.45) is 1.80. The number of nitrogens with two attached hydrogens (primary N) is 1. The molecule has 3 rings (SSSR count). The maximum Gasteiger partial charge on any atom is 0.309 e. The topological polar surface area (TPSA) is 135 Å². The number of thiazole rings is 1. The van der Waals surface area contributed by atoms with Crippen molar-refractivity contribution in [3.63, 3.8) is 0 Å². The standard InChI is InChI=1S/C27H42N2O6S/c1-15-8-7-9-27(6)21(35-27)11-19(16(2)10-18-14-36-22(13-28)29-18)34-23(31)12-20(30)26(4,5)25(33)17(3)24(15)32/h10,14-15,17,19-21,24,30,32H,7-9,11-13,28H2,1-6H3/t15?,17-,19+,20+,21+,24+,27-/m1/s1. The number of fused-ring (bicyclic) bond motifs is 1. The first kappa shape index (κ1) is 28.9. The van der Waals surface area contributed by atoms with Crippen molar-refractivity contribution in [3.05, 3.63) is 21.7 Å². The van der Waals surface area contributed by atoms with E-state index in [1.807, 2.05) is 25.3 Å². The summed E-state index contributed by atoms with van der Waals surface area (Å²) in [6.45, 7) is 11.2. The minimum atomic E-state index is -1.24. The molecule has 202 valence electrons. The molecule has 2 fully saturated rings. The van der Waals surface area contributed by atoms with Gasteiger partial charge in [0.1, 0.15) is 16.9 Å². The van der Waals surface area contributed by atoms with Crippen molar-refractivity contribution < 1.29 is 29.3 Å². The number of aliphatic hydroxyl groups excluding tert-OH is 2. The van der Waals surface area contributed by atoms with Crippen LogP contribution in [0.15, 0.2) is 11.0 Å². The summed E-state index contributed by atoms with van der Waals surface area (Å²) < 4.78 is 11.9. The fourth-order valence-corrected chi connectivity index (χ4v) is 5.74. The average Bonchev–Trinajstić information content (AvgIpc) is 3.23. The Morgan fingerprint density at radius 1 is 1.28 bits per heavy atom. The summed E-state index contributed by atoms with van der Waals surface area (Å²) >= 11 is 1.48. The highest BCUT2D eigenvalue weighted by atomic mass is 32.1. The SMILES string of the molecule is CC(=Cc1csc(CN)n1)[C@@H]1C[C@@H]2O[C@]2(C)CCCC(C)[C@H](O)[C@@H](C)C(=O)C(C)(C)[C@@H](O)CC(=O)O1. The number of nitrogens with zero attached hydrogens (tertiary/aromatic N) is 1. The van der Waals surface area contributed by atoms with Crippen LogP contribution < -0.4 is 5.73 Å². The lowest BCUT2D eigenvalue weighted by Gasteiger charge is -2.34. The molecule has 0 aliphatic carbocycles. The van der Waals surface area contributed by atoms with Gasteiger partial charge in [0.15, 0.2) is 0 Å². The van der Waals surface area contributed by atoms with Crippen molar-refractivity contribution in [2.45, 2.75) is 110 Å². The number of aromatic nitrogens is 1. The lowest BCUT2D eigenvalue weighted by Crippen LogP contribution is -2.45. The molecule has 1 aromatic heterocycles. The lowest BCUT2D eigenvalue weighted by atomic mass is 9.73. The number of rotatable bonds is 3. The van der Waals surface area contributed by atoms with E-state index >= 15 is 0 Å². The van der Waals surface area contributed by atoms with E-state index < -0.39 is 35.6 Å². The minimum absolute atomic E-state index is 0.0660. The number of ketones is 1. The maximum atomic E-state index is 13.2. The monoisotopic (exact) mass is 522 g/mol. The summed E-state index contributed by atoms with van der Waals surface area (Å²) in [5.41, 5.74) is 5.74. The Morgan fingerprint density at radius 2 is 1.97 bits per heavy atom. The number of epoxide rings is 1. The van der Waals surface area contributed by atoms with E-state index in [9.17, 15) is 19.8 Å². The predicted molar refractivity (Wildman–Crippen MR) is 139 cm³/mol. The van der Waals surface area contributed by atoms with Gasteiger partial charge >= 0.3 is 5.97 Å². The molecular formula is C27H42N2O6S. The van der Waals surface area contributed by atoms with Gasteiger partial charge in [0, 0.05) is 24.3 Å². The first-order chi connectivity index (χ1) is 16.8. The van der Waals surface area contributed by atoms with Crippen molar-refractivity contribution >= 4 is 29.2 Å². The van der Waals surface area contributed by atoms with Crippen LogP contribution in [-0.2, 0) is 25.6 Å². The van der Waals surface area contributed by atoms with Crippen LogP contribution in [0.4, 0.5) is 0 Å². The number of carbonyl (C=O) groups is 2. The van der Waals surface area contributed by atoms with E-state index in [4.69, 9.17) is 15.2 Å². The van der Waals surface area contributed by atoms with E-state index in [-0.39, 0.29) is 29.8 Å². The van der Waals surface area contributed by atoms with Gasteiger partial charge < -0.3 is 25.4 Å². The Bertz CT molecular complexity index is 975. The fraction of sp³-hybridized carbons (Fsp3) is 0.741. The second-order valence-corrected chi connectivity index (χ2v) is 12.3. The van der Waals surface area contributed by atoms with Crippen LogP contribution in [0.25, 0.3) is 6.08 Å². The second kappa shape index (κ2) is 11.4. The van der Waals surface area contributed by atoms with E-state index in [0.717, 1.165) is 35.5 Å². The van der Waals surface area contributed by atoms with Crippen molar-refractivity contribution in [1.29, 1.82) is 0 Å². The third-order valence-electron chi connectivity index (χ3n) is 8.03. The zero-order chi connectivity index (χ0) is 26.8. The molecule has 9 heteroatoms. The number of hydrogen-bond donors (Lipinski definition) is 3. The third kappa shape index (κ3) is 6.61. The summed E-state index contributed by atoms with van der Waals surface area (Å²) in [6, 6.07) is 0. The molecule has 0 bridgehead atoms. The Morgan fingerprint density at radius 3 is 2.61 bits per heavy atom. The molecule has 4 N–H and O–H groups in total. The zero-order valence-corrected chi connectivity index (χ0v) is 23.1. The molecule has 0 spiro atoms. The summed E-state index contributed by atoms with van der Waals surface area (Å²) in [5, 5.41) is 24.5. The number of carbonyl (C=O) groups excluding carboxylic acids is 2. The van der Waals surface area contributed by atoms with Crippen LogP contribution in [0.3, 0.4) is 0 Å². The van der Waals surface area contributed by atoms with Crippen LogP contribution >= 0.6 is 11.3 Å². The lowest BCUT2D eigenvalue weighted by molar-refractivity contribution is -0.154. The molecular weight excluding hydrogens is 480 g/mol. The van der Waals surface area contributed by atoms with Crippen molar-refractivity contribution in [2.75, 3.05) is 0 Å². The van der Waals surface area contributed by atoms with E-state index in [2.05, 4.69) is 11.9 Å². The maximum absolute atomic E-state index is 13.2. The van der Waals surface area contributed by atoms with Crippen molar-refractivity contribution in [2.24, 2.45) is 23.0 Å². The molecule has 0 saturated carbocycles. The Hall–Kier alpha value is -1.65. The molecule has 2 saturated heterocycles. The molecule has 8 nitrogen and oxygen atoms in total. The van der Waals surface area contributed by atoms with Crippen LogP contribution in [0.2, 0.25) is 0 Å². The molecule has 1 unspecified atom stereocenters. The number of esters is 1. The van der Waals surface area contributed by atoms with Crippen LogP contribution in [0.5, 0.6) is 0 Å². The van der Waals surface area contributed by atoms with Gasteiger partial charge in [0.25, 0.3) is 0 Å². The van der Waals surface area contributed by atoms with Gasteiger partial charge in [-0.1, -0.05) is 34.1 Å². The smallest absolute Gasteiger partial charge is 0.309 e. The van der Waals surface area contributed by atoms with Crippen LogP contribution in [0.1, 0.15) is 84.3 Å². The molecule has 0 radical (unpaired) electrons. The van der Waals surface area contributed by atoms with Gasteiger partial charge in [-0.25, -0.2) is 4.98 Å². The fourth-order valence-electron chi connectivity index (χ4n) is 5.11. The summed E-state index contributed by atoms with van der Waals surface area (Å²) in [7, 11) is 0. The minimum Gasteiger partial charge on any atom is -0.458 e. The first-order valence-corrected chi connectivity index (χ1v) is 13.8. The summed E-state index contributed by atoms with van der Waals surface area (Å²) in [5.74, 6) is -1.59. The molecule has 1 aromatic rings. The van der Waals surface area contributed by atoms with Gasteiger partial charge in [-0.3, -0.25) is 9.59 Å². The third-order valence-corrected chi connectivity index (χ3v) is 8.92. The highest BCUT2D eigenvalue weighted by molar-refractivity contribution is 7.09. The van der Waals surface area contributed by atoms with Gasteiger partial charge in [-0.15, -0.1) is 11.3 Å². The Balaban J connectivity index is 1.85. The Labute approximate surface area is 218 Å². The van der Waals surface area contributed by atoms with Gasteiger partial charge in [0.2, 0.25) is 0 Å². The molecule has 2 aliphatic rings. The van der Waals surface area contributed by atoms with Crippen LogP contribution in [0, 0.1) is 17.3 Å². The first-order valence-electron chi connectivity index (χ1n) is 12.9. The van der Waals surface area contributed by atoms with E-state index in [1.165, 1.54) is 11.3 Å². The molecule has 7 atom stereocenters. The molecule has 3 heterocycles. The number of aliphatic hydroxyl groups is 2. The van der Waals surface area contributed by atoms with Crippen molar-refractivity contribution in [3.8, 4) is 0 Å². The number of Topliss-reactive ketones (excluding diaryl/α,β-unsaturated/α-hetero) is 1. The largest absolute Gasteiger partial charge is 0.458 e. The predicted octanol–water partition coefficient (Wildman–Crippen LogP) is 3.63. The highest BCUT2D eigenvalue weighted by Gasteiger charge is 2.53. The second-order valence-electron chi connectivity index (χ2n) is 11.3. The van der Waals surface area contributed by atoms with Gasteiger partial charge in [0.05, 0.1) is 41.4 Å². The number of ether oxygens (including phenoxy) is 2. The normalized spacial score (nSPS) is 36.8. The number of cyclic esters (lactones) is 1. The quantitative estimate of drug-likeness (QED) is 0.405. The van der Waals surface area contributed by atoms with Gasteiger partial charge in [-0.05, 0) is 44.3 Å². The van der Waals surface area contributed by atoms with Gasteiger partial charge in [-0.2, -0.15) is 0 Å². The van der Waals surface area contributed by atoms with E-state index in [1.54, 1.807) is 20.8 Å². The zero-order valence-electron chi connectivity index (χ0n) is 22.3.